The monoisotopic (exact) mass is 494 g/mol. The van der Waals surface area contributed by atoms with E-state index in [0.717, 1.165) is 22.4 Å². The van der Waals surface area contributed by atoms with Crippen molar-refractivity contribution in [1.82, 2.24) is 0 Å². The summed E-state index contributed by atoms with van der Waals surface area (Å²) in [6, 6.07) is 22.8. The Labute approximate surface area is 217 Å². The largest absolute Gasteiger partial charge is 0.494 e. The molecule has 1 aliphatic heterocycles. The number of nitrogens with zero attached hydrogens (tertiary/aromatic N) is 1. The van der Waals surface area contributed by atoms with E-state index in [-0.39, 0.29) is 11.3 Å². The Hall–Kier alpha value is -4.50. The highest BCUT2D eigenvalue weighted by Crippen LogP contribution is 2.43. The van der Waals surface area contributed by atoms with E-state index in [1.807, 2.05) is 43.3 Å². The normalized spacial score (nSPS) is 15.1. The number of allylic oxidation sites excluding steroid dienone is 1. The van der Waals surface area contributed by atoms with Crippen LogP contribution >= 0.6 is 0 Å². The predicted octanol–water partition coefficient (Wildman–Crippen LogP) is 6.22. The number of fused-ring (bicyclic) bond motifs is 1. The van der Waals surface area contributed by atoms with Gasteiger partial charge >= 0.3 is 5.97 Å². The van der Waals surface area contributed by atoms with E-state index in [0.29, 0.717) is 23.7 Å². The number of carbonyl (C=O) groups is 1. The quantitative estimate of drug-likeness (QED) is 0.248. The van der Waals surface area contributed by atoms with Crippen molar-refractivity contribution < 1.29 is 19.0 Å². The van der Waals surface area contributed by atoms with Crippen molar-refractivity contribution in [3.63, 3.8) is 0 Å². The van der Waals surface area contributed by atoms with E-state index < -0.39 is 11.9 Å². The number of carbonyl (C=O) groups excluding carboxylic acids is 1. The molecule has 0 aliphatic carbocycles. The summed E-state index contributed by atoms with van der Waals surface area (Å²) in [4.78, 5) is 12.5. The van der Waals surface area contributed by atoms with E-state index in [4.69, 9.17) is 19.9 Å². The molecule has 6 nitrogen and oxygen atoms in total. The Morgan fingerprint density at radius 3 is 2.35 bits per heavy atom. The molecule has 0 radical (unpaired) electrons. The minimum absolute atomic E-state index is 0.0240. The fourth-order valence-corrected chi connectivity index (χ4v) is 4.17. The molecule has 0 spiro atoms. The van der Waals surface area contributed by atoms with Crippen LogP contribution in [0.25, 0.3) is 6.08 Å². The topological polar surface area (TPSA) is 94.6 Å². The van der Waals surface area contributed by atoms with Gasteiger partial charge in [0, 0.05) is 17.7 Å². The maximum atomic E-state index is 12.5. The van der Waals surface area contributed by atoms with Crippen LogP contribution in [-0.2, 0) is 10.2 Å². The van der Waals surface area contributed by atoms with Gasteiger partial charge in [0.05, 0.1) is 12.5 Å². The molecule has 0 fully saturated rings. The molecule has 1 atom stereocenters. The average Bonchev–Trinajstić information content (AvgIpc) is 2.87. The molecule has 1 heterocycles. The second-order valence-corrected chi connectivity index (χ2v) is 9.75. The summed E-state index contributed by atoms with van der Waals surface area (Å²) in [5.41, 5.74) is 10.2. The average molecular weight is 495 g/mol. The third kappa shape index (κ3) is 5.84. The molecule has 2 N–H and O–H groups in total. The number of rotatable bonds is 6. The van der Waals surface area contributed by atoms with E-state index in [9.17, 15) is 10.1 Å². The van der Waals surface area contributed by atoms with Crippen molar-refractivity contribution in [2.45, 2.75) is 39.0 Å². The molecular weight excluding hydrogens is 464 g/mol. The Bertz CT molecular complexity index is 1390. The van der Waals surface area contributed by atoms with Gasteiger partial charge in [-0.25, -0.2) is 4.79 Å². The van der Waals surface area contributed by atoms with Gasteiger partial charge in [0.15, 0.2) is 0 Å². The first-order valence-corrected chi connectivity index (χ1v) is 12.1. The third-order valence-electron chi connectivity index (χ3n) is 6.12. The molecule has 1 aliphatic rings. The van der Waals surface area contributed by atoms with Gasteiger partial charge in [0.2, 0.25) is 5.88 Å². The molecule has 4 rings (SSSR count). The van der Waals surface area contributed by atoms with Crippen LogP contribution in [0.4, 0.5) is 0 Å². The molecule has 0 saturated carbocycles. The summed E-state index contributed by atoms with van der Waals surface area (Å²) in [5.74, 6) is 0.591. The lowest BCUT2D eigenvalue weighted by Gasteiger charge is -2.26. The summed E-state index contributed by atoms with van der Waals surface area (Å²) >= 11 is 0. The van der Waals surface area contributed by atoms with Crippen molar-refractivity contribution in [3.05, 3.63) is 107 Å². The van der Waals surface area contributed by atoms with Gasteiger partial charge in [-0.15, -0.1) is 0 Å². The zero-order valence-corrected chi connectivity index (χ0v) is 21.4. The lowest BCUT2D eigenvalue weighted by molar-refractivity contribution is -0.128. The Morgan fingerprint density at radius 2 is 1.73 bits per heavy atom. The minimum atomic E-state index is -0.514. The SMILES string of the molecule is CCOc1ccc(C2C(C#N)=C(N)Oc3cc(OC(=O)/C=C/c4ccc(C(C)(C)C)cc4)ccc32)cc1. The van der Waals surface area contributed by atoms with Crippen molar-refractivity contribution in [3.8, 4) is 23.3 Å². The molecule has 188 valence electrons. The van der Waals surface area contributed by atoms with Gasteiger partial charge in [-0.2, -0.15) is 5.26 Å². The highest BCUT2D eigenvalue weighted by molar-refractivity contribution is 5.88. The van der Waals surface area contributed by atoms with Crippen LogP contribution in [0.15, 0.2) is 84.3 Å². The summed E-state index contributed by atoms with van der Waals surface area (Å²) in [7, 11) is 0. The first-order valence-electron chi connectivity index (χ1n) is 12.1. The molecule has 6 heteroatoms. The lowest BCUT2D eigenvalue weighted by atomic mass is 9.83. The number of esters is 1. The molecule has 3 aromatic rings. The molecule has 0 saturated heterocycles. The van der Waals surface area contributed by atoms with Gasteiger partial charge in [-0.3, -0.25) is 0 Å². The Balaban J connectivity index is 1.53. The zero-order valence-electron chi connectivity index (χ0n) is 21.4. The summed E-state index contributed by atoms with van der Waals surface area (Å²) in [6.45, 7) is 8.95. The smallest absolute Gasteiger partial charge is 0.336 e. The highest BCUT2D eigenvalue weighted by Gasteiger charge is 2.31. The van der Waals surface area contributed by atoms with E-state index in [1.165, 1.54) is 11.6 Å². The van der Waals surface area contributed by atoms with E-state index in [1.54, 1.807) is 24.3 Å². The molecule has 0 bridgehead atoms. The first-order chi connectivity index (χ1) is 17.7. The maximum absolute atomic E-state index is 12.5. The van der Waals surface area contributed by atoms with Crippen LogP contribution in [0.2, 0.25) is 0 Å². The van der Waals surface area contributed by atoms with E-state index in [2.05, 4.69) is 39.0 Å². The summed E-state index contributed by atoms with van der Waals surface area (Å²) in [6.07, 6.45) is 3.10. The van der Waals surface area contributed by atoms with Gasteiger partial charge in [-0.1, -0.05) is 63.2 Å². The van der Waals surface area contributed by atoms with Crippen LogP contribution in [0.1, 0.15) is 55.9 Å². The van der Waals surface area contributed by atoms with Crippen LogP contribution in [0.5, 0.6) is 17.2 Å². The van der Waals surface area contributed by atoms with Crippen LogP contribution in [-0.4, -0.2) is 12.6 Å². The predicted molar refractivity (Wildman–Crippen MR) is 143 cm³/mol. The van der Waals surface area contributed by atoms with Crippen LogP contribution in [0.3, 0.4) is 0 Å². The second-order valence-electron chi connectivity index (χ2n) is 9.75. The van der Waals surface area contributed by atoms with Crippen molar-refractivity contribution in [2.75, 3.05) is 6.61 Å². The standard InChI is InChI=1S/C31H30N2O4/c1-5-35-23-13-9-21(10-14-23)29-25-16-15-24(18-27(25)37-30(33)26(29)19-32)36-28(34)17-8-20-6-11-22(12-7-20)31(2,3)4/h6-18,29H,5,33H2,1-4H3/b17-8+. The van der Waals surface area contributed by atoms with Crippen molar-refractivity contribution >= 4 is 12.0 Å². The number of hydrogen-bond acceptors (Lipinski definition) is 6. The van der Waals surface area contributed by atoms with E-state index >= 15 is 0 Å². The molecule has 1 unspecified atom stereocenters. The van der Waals surface area contributed by atoms with Gasteiger partial charge < -0.3 is 19.9 Å². The minimum Gasteiger partial charge on any atom is -0.494 e. The van der Waals surface area contributed by atoms with Gasteiger partial charge in [0.1, 0.15) is 28.9 Å². The number of ether oxygens (including phenoxy) is 3. The second kappa shape index (κ2) is 10.6. The highest BCUT2D eigenvalue weighted by atomic mass is 16.5. The fraction of sp³-hybridized carbons (Fsp3) is 0.226. The number of benzene rings is 3. The lowest BCUT2D eigenvalue weighted by Crippen LogP contribution is -2.21. The van der Waals surface area contributed by atoms with Crippen molar-refractivity contribution in [2.24, 2.45) is 5.73 Å². The van der Waals surface area contributed by atoms with Crippen LogP contribution in [0, 0.1) is 11.3 Å². The number of nitriles is 1. The fourth-order valence-electron chi connectivity index (χ4n) is 4.17. The summed E-state index contributed by atoms with van der Waals surface area (Å²) < 4.78 is 16.8. The van der Waals surface area contributed by atoms with Crippen LogP contribution < -0.4 is 19.9 Å². The maximum Gasteiger partial charge on any atom is 0.336 e. The third-order valence-corrected chi connectivity index (χ3v) is 6.12. The van der Waals surface area contributed by atoms with Crippen molar-refractivity contribution in [1.29, 1.82) is 5.26 Å². The molecular formula is C31H30N2O4. The first kappa shape index (κ1) is 25.6. The van der Waals surface area contributed by atoms with Gasteiger partial charge in [0.25, 0.3) is 0 Å². The molecule has 0 aromatic heterocycles. The molecule has 0 amide bonds. The molecule has 37 heavy (non-hydrogen) atoms. The Kier molecular flexibility index (Phi) is 7.35. The molecule has 3 aromatic carbocycles. The Morgan fingerprint density at radius 1 is 1.05 bits per heavy atom. The number of nitrogens with two attached hydrogens (primary N) is 1. The number of hydrogen-bond donors (Lipinski definition) is 1. The summed E-state index contributed by atoms with van der Waals surface area (Å²) in [5, 5.41) is 9.77. The van der Waals surface area contributed by atoms with Gasteiger partial charge in [-0.05, 0) is 53.3 Å². The zero-order chi connectivity index (χ0) is 26.6.